The fourth-order valence-corrected chi connectivity index (χ4v) is 0.653. The Morgan fingerprint density at radius 2 is 2.20 bits per heavy atom. The molecule has 0 saturated carbocycles. The third kappa shape index (κ3) is 0.869. The van der Waals surface area contributed by atoms with Crippen LogP contribution in [-0.2, 0) is 0 Å². The number of rotatable bonds is 0. The van der Waals surface area contributed by atoms with Gasteiger partial charge in [-0.25, -0.2) is 0 Å². The summed E-state index contributed by atoms with van der Waals surface area (Å²) in [6, 6.07) is 4.82. The molecule has 0 aliphatic rings. The zero-order valence-electron chi connectivity index (χ0n) is 5.28. The van der Waals surface area contributed by atoms with Gasteiger partial charge in [0.1, 0.15) is 0 Å². The van der Waals surface area contributed by atoms with Crippen LogP contribution in [0.2, 0.25) is 0 Å². The second-order valence-corrected chi connectivity index (χ2v) is 1.84. The Bertz CT molecular complexity index is 288. The first-order valence-corrected chi connectivity index (χ1v) is 2.74. The molecule has 0 aliphatic heterocycles. The Morgan fingerprint density at radius 3 is 2.70 bits per heavy atom. The normalized spacial score (nSPS) is 8.70. The van der Waals surface area contributed by atoms with Crippen molar-refractivity contribution in [1.82, 2.24) is 0 Å². The Balaban J connectivity index is 3.31. The van der Waals surface area contributed by atoms with E-state index in [0.29, 0.717) is 5.69 Å². The van der Waals surface area contributed by atoms with E-state index in [1.54, 1.807) is 18.2 Å². The van der Waals surface area contributed by atoms with Crippen molar-refractivity contribution in [2.45, 2.75) is 0 Å². The lowest BCUT2D eigenvalue weighted by Gasteiger charge is -1.91. The maximum atomic E-state index is 9.10. The first kappa shape index (κ1) is 6.43. The van der Waals surface area contributed by atoms with Crippen molar-refractivity contribution in [3.05, 3.63) is 23.0 Å². The van der Waals surface area contributed by atoms with Gasteiger partial charge in [-0.1, -0.05) is 6.07 Å². The van der Waals surface area contributed by atoms with Gasteiger partial charge in [0.2, 0.25) is 5.75 Å². The highest BCUT2D eigenvalue weighted by atomic mass is 16.3. The summed E-state index contributed by atoms with van der Waals surface area (Å²) in [6.07, 6.45) is 0. The molecule has 1 aromatic rings. The molecule has 0 heterocycles. The van der Waals surface area contributed by atoms with Crippen molar-refractivity contribution in [3.63, 3.8) is 0 Å². The maximum absolute atomic E-state index is 9.10. The average molecular weight is 135 g/mol. The van der Waals surface area contributed by atoms with Crippen molar-refractivity contribution in [2.24, 2.45) is 0 Å². The number of nitrogens with two attached hydrogens (primary N) is 1. The Hall–Kier alpha value is -1.69. The molecule has 0 spiro atoms. The highest BCUT2D eigenvalue weighted by molar-refractivity contribution is 5.69. The van der Waals surface area contributed by atoms with E-state index >= 15 is 0 Å². The van der Waals surface area contributed by atoms with Gasteiger partial charge in [-0.3, -0.25) is 0 Å². The molecule has 0 aliphatic carbocycles. The number of phenolic OH excluding ortho intramolecular Hbond substituents is 1. The third-order valence-electron chi connectivity index (χ3n) is 1.19. The van der Waals surface area contributed by atoms with Gasteiger partial charge in [-0.2, -0.15) is 0 Å². The van der Waals surface area contributed by atoms with E-state index in [4.69, 9.17) is 17.4 Å². The number of anilines is 1. The average Bonchev–Trinajstić information content (AvgIpc) is 1.95. The van der Waals surface area contributed by atoms with Gasteiger partial charge >= 0.3 is 5.69 Å². The van der Waals surface area contributed by atoms with E-state index in [9.17, 15) is 0 Å². The molecule has 0 aromatic heterocycles. The molecule has 0 saturated heterocycles. The van der Waals surface area contributed by atoms with Gasteiger partial charge < -0.3 is 10.8 Å². The van der Waals surface area contributed by atoms with Crippen molar-refractivity contribution < 1.29 is 5.11 Å². The molecule has 0 unspecified atom stereocenters. The molecule has 10 heavy (non-hydrogen) atoms. The monoisotopic (exact) mass is 135 g/mol. The van der Waals surface area contributed by atoms with Gasteiger partial charge in [0.15, 0.2) is 0 Å². The molecule has 0 atom stereocenters. The van der Waals surface area contributed by atoms with Crippen LogP contribution in [0.25, 0.3) is 4.85 Å². The summed E-state index contributed by atoms with van der Waals surface area (Å²) in [5.74, 6) is -0.0648. The predicted octanol–water partition coefficient (Wildman–Crippen LogP) is 1.57. The van der Waals surface area contributed by atoms with Gasteiger partial charge in [0, 0.05) is 6.07 Å². The zero-order valence-corrected chi connectivity index (χ0v) is 5.28. The van der Waals surface area contributed by atoms with Gasteiger partial charge in [0.05, 0.1) is 5.69 Å². The van der Waals surface area contributed by atoms with Crippen molar-refractivity contribution in [1.29, 1.82) is 0 Å². The summed E-state index contributed by atoms with van der Waals surface area (Å²) in [7, 11) is 0. The zero-order chi connectivity index (χ0) is 7.56. The highest BCUT2D eigenvalue weighted by Crippen LogP contribution is 2.31. The van der Waals surface area contributed by atoms with E-state index < -0.39 is 0 Å². The summed E-state index contributed by atoms with van der Waals surface area (Å²) < 4.78 is 0. The van der Waals surface area contributed by atoms with Crippen molar-refractivity contribution in [3.8, 4) is 12.3 Å². The van der Waals surface area contributed by atoms with Crippen LogP contribution in [0.1, 0.15) is 0 Å². The number of hydrogen-bond acceptors (Lipinski definition) is 2. The minimum Gasteiger partial charge on any atom is -0.500 e. The number of benzene rings is 1. The predicted molar refractivity (Wildman–Crippen MR) is 40.5 cm³/mol. The Morgan fingerprint density at radius 1 is 1.50 bits per heavy atom. The van der Waals surface area contributed by atoms with Gasteiger partial charge in [-0.15, -0.1) is 0 Å². The summed E-state index contributed by atoms with van der Waals surface area (Å²) >= 11 is 0. The van der Waals surface area contributed by atoms with E-state index in [1.807, 2.05) is 0 Å². The SMILES string of the molecule is C#[N+]c1cccc(N)c1O. The lowest BCUT2D eigenvalue weighted by atomic mass is 10.2. The van der Waals surface area contributed by atoms with Crippen molar-refractivity contribution in [2.75, 3.05) is 5.73 Å². The molecule has 3 heteroatoms. The first-order chi connectivity index (χ1) is 4.75. The molecule has 1 aromatic carbocycles. The molecule has 1 rings (SSSR count). The largest absolute Gasteiger partial charge is 0.500 e. The molecule has 3 N–H and O–H groups in total. The van der Waals surface area contributed by atoms with Crippen LogP contribution in [0.4, 0.5) is 11.4 Å². The molecule has 0 amide bonds. The lowest BCUT2D eigenvalue weighted by molar-refractivity contribution is 0.481. The quantitative estimate of drug-likeness (QED) is 0.419. The Labute approximate surface area is 58.5 Å². The van der Waals surface area contributed by atoms with Crippen LogP contribution in [-0.4, -0.2) is 5.11 Å². The minimum atomic E-state index is -0.0648. The molecule has 50 valence electrons. The highest BCUT2D eigenvalue weighted by Gasteiger charge is 2.10. The number of phenols is 1. The first-order valence-electron chi connectivity index (χ1n) is 2.74. The number of para-hydroxylation sites is 1. The van der Waals surface area contributed by atoms with E-state index in [2.05, 4.69) is 4.85 Å². The summed E-state index contributed by atoms with van der Waals surface area (Å²) in [5, 5.41) is 9.10. The van der Waals surface area contributed by atoms with Gasteiger partial charge in [0.25, 0.3) is 6.57 Å². The Kier molecular flexibility index (Phi) is 1.46. The van der Waals surface area contributed by atoms with Crippen LogP contribution >= 0.6 is 0 Å². The van der Waals surface area contributed by atoms with Crippen LogP contribution in [0.5, 0.6) is 5.75 Å². The summed E-state index contributed by atoms with van der Waals surface area (Å²) in [4.78, 5) is 3.30. The molecule has 0 radical (unpaired) electrons. The van der Waals surface area contributed by atoms with Crippen molar-refractivity contribution >= 4 is 11.4 Å². The standard InChI is InChI=1S/C7H6N2O/c1-9-6-4-2-3-5(8)7(6)10/h1-4H,8H2/p+1. The fraction of sp³-hybridized carbons (Fsp3) is 0. The lowest BCUT2D eigenvalue weighted by Crippen LogP contribution is -1.83. The molecule has 0 bridgehead atoms. The number of hydrogen-bond donors (Lipinski definition) is 2. The van der Waals surface area contributed by atoms with Gasteiger partial charge in [-0.05, 0) is 10.9 Å². The number of aromatic hydroxyl groups is 1. The fourth-order valence-electron chi connectivity index (χ4n) is 0.653. The van der Waals surface area contributed by atoms with E-state index in [-0.39, 0.29) is 11.4 Å². The number of nitrogens with zero attached hydrogens (tertiary/aromatic N) is 1. The molecular formula is C7H7N2O+. The smallest absolute Gasteiger partial charge is 0.383 e. The van der Waals surface area contributed by atoms with Crippen LogP contribution in [0, 0.1) is 6.57 Å². The third-order valence-corrected chi connectivity index (χ3v) is 1.19. The minimum absolute atomic E-state index is 0.0648. The maximum Gasteiger partial charge on any atom is 0.383 e. The van der Waals surface area contributed by atoms with Crippen LogP contribution < -0.4 is 5.73 Å². The van der Waals surface area contributed by atoms with E-state index in [0.717, 1.165) is 0 Å². The molecule has 0 fully saturated rings. The second kappa shape index (κ2) is 2.28. The van der Waals surface area contributed by atoms with E-state index in [1.165, 1.54) is 0 Å². The summed E-state index contributed by atoms with van der Waals surface area (Å²) in [6.45, 7) is 4.93. The molecular weight excluding hydrogens is 128 g/mol. The second-order valence-electron chi connectivity index (χ2n) is 1.84. The van der Waals surface area contributed by atoms with Crippen LogP contribution in [0.15, 0.2) is 18.2 Å². The van der Waals surface area contributed by atoms with Crippen LogP contribution in [0.3, 0.4) is 0 Å². The number of nitrogen functional groups attached to an aromatic ring is 1. The topological polar surface area (TPSA) is 50.6 Å². The molecule has 3 nitrogen and oxygen atoms in total. The summed E-state index contributed by atoms with van der Waals surface area (Å²) in [5.41, 5.74) is 5.92.